The van der Waals surface area contributed by atoms with Crippen LogP contribution in [0.25, 0.3) is 0 Å². The van der Waals surface area contributed by atoms with E-state index in [0.29, 0.717) is 22.4 Å². The lowest BCUT2D eigenvalue weighted by Gasteiger charge is -2.21. The normalized spacial score (nSPS) is 14.3. The Morgan fingerprint density at radius 1 is 1.18 bits per heavy atom. The molecule has 0 amide bonds. The molecular weight excluding hydrogens is 280 g/mol. The third-order valence-corrected chi connectivity index (χ3v) is 2.83. The molecule has 0 aliphatic rings. The van der Waals surface area contributed by atoms with E-state index in [-0.39, 0.29) is 12.4 Å². The first kappa shape index (κ1) is 17.0. The van der Waals surface area contributed by atoms with Gasteiger partial charge in [0.05, 0.1) is 12.1 Å². The lowest BCUT2D eigenvalue weighted by molar-refractivity contribution is 0.121. The first-order valence-electron chi connectivity index (χ1n) is 5.29. The van der Waals surface area contributed by atoms with Crippen LogP contribution in [0.5, 0.6) is 0 Å². The average molecular weight is 299 g/mol. The van der Waals surface area contributed by atoms with Gasteiger partial charge in [-0.25, -0.2) is 0 Å². The molecule has 98 valence electrons. The smallest absolute Gasteiger partial charge is 0.0735 e. The molecule has 2 atom stereocenters. The summed E-state index contributed by atoms with van der Waals surface area (Å²) in [4.78, 5) is 0. The van der Waals surface area contributed by atoms with Crippen molar-refractivity contribution in [2.24, 2.45) is 11.7 Å². The van der Waals surface area contributed by atoms with Gasteiger partial charge in [0.1, 0.15) is 0 Å². The van der Waals surface area contributed by atoms with E-state index in [0.717, 1.165) is 5.56 Å². The number of rotatable bonds is 4. The van der Waals surface area contributed by atoms with Gasteiger partial charge in [-0.3, -0.25) is 0 Å². The van der Waals surface area contributed by atoms with Crippen LogP contribution in [0.15, 0.2) is 18.2 Å². The Hall–Kier alpha value is 0.01000. The maximum absolute atomic E-state index is 9.91. The highest BCUT2D eigenvalue weighted by molar-refractivity contribution is 6.34. The zero-order chi connectivity index (χ0) is 12.3. The topological polar surface area (TPSA) is 46.2 Å². The van der Waals surface area contributed by atoms with Gasteiger partial charge in [-0.1, -0.05) is 37.0 Å². The second-order valence-electron chi connectivity index (χ2n) is 4.43. The van der Waals surface area contributed by atoms with Crippen molar-refractivity contribution >= 4 is 35.6 Å². The molecule has 2 nitrogen and oxygen atoms in total. The number of aliphatic hydroxyl groups is 1. The molecule has 0 radical (unpaired) electrons. The predicted octanol–water partition coefficient (Wildman–Crippen LogP) is 3.82. The molecule has 0 heterocycles. The Morgan fingerprint density at radius 2 is 1.65 bits per heavy atom. The summed E-state index contributed by atoms with van der Waals surface area (Å²) >= 11 is 11.8. The molecule has 17 heavy (non-hydrogen) atoms. The van der Waals surface area contributed by atoms with Crippen molar-refractivity contribution in [2.75, 3.05) is 0 Å². The van der Waals surface area contributed by atoms with Gasteiger partial charge in [0.2, 0.25) is 0 Å². The summed E-state index contributed by atoms with van der Waals surface area (Å²) in [5.41, 5.74) is 6.73. The van der Waals surface area contributed by atoms with Crippen molar-refractivity contribution < 1.29 is 5.11 Å². The summed E-state index contributed by atoms with van der Waals surface area (Å²) in [7, 11) is 0. The quantitative estimate of drug-likeness (QED) is 0.887. The maximum atomic E-state index is 9.91. The number of aliphatic hydroxyl groups excluding tert-OH is 1. The van der Waals surface area contributed by atoms with E-state index in [4.69, 9.17) is 28.9 Å². The molecule has 0 saturated heterocycles. The summed E-state index contributed by atoms with van der Waals surface area (Å²) in [5, 5.41) is 11.0. The van der Waals surface area contributed by atoms with E-state index < -0.39 is 12.1 Å². The van der Waals surface area contributed by atoms with Crippen molar-refractivity contribution in [3.8, 4) is 0 Å². The van der Waals surface area contributed by atoms with E-state index in [1.54, 1.807) is 18.2 Å². The number of halogens is 3. The molecule has 1 aromatic rings. The Morgan fingerprint density at radius 3 is 2.06 bits per heavy atom. The van der Waals surface area contributed by atoms with Crippen LogP contribution in [0, 0.1) is 5.92 Å². The SMILES string of the molecule is CC(C)C[C@@H](O)[C@@H](N)c1cc(Cl)cc(Cl)c1.Cl. The summed E-state index contributed by atoms with van der Waals surface area (Å²) in [5.74, 6) is 0.399. The van der Waals surface area contributed by atoms with Crippen LogP contribution in [0.1, 0.15) is 31.9 Å². The molecule has 0 unspecified atom stereocenters. The monoisotopic (exact) mass is 297 g/mol. The van der Waals surface area contributed by atoms with E-state index in [2.05, 4.69) is 0 Å². The minimum Gasteiger partial charge on any atom is -0.391 e. The first-order valence-corrected chi connectivity index (χ1v) is 6.05. The van der Waals surface area contributed by atoms with Gasteiger partial charge in [0.25, 0.3) is 0 Å². The van der Waals surface area contributed by atoms with Crippen LogP contribution in [0.4, 0.5) is 0 Å². The highest BCUT2D eigenvalue weighted by Gasteiger charge is 2.18. The summed E-state index contributed by atoms with van der Waals surface area (Å²) in [6.45, 7) is 4.09. The molecular formula is C12H18Cl3NO. The van der Waals surface area contributed by atoms with Gasteiger partial charge >= 0.3 is 0 Å². The van der Waals surface area contributed by atoms with E-state index in [9.17, 15) is 5.11 Å². The second kappa shape index (κ2) is 7.45. The molecule has 0 aliphatic heterocycles. The number of hydrogen-bond donors (Lipinski definition) is 2. The predicted molar refractivity (Wildman–Crippen MR) is 76.1 cm³/mol. The fraction of sp³-hybridized carbons (Fsp3) is 0.500. The van der Waals surface area contributed by atoms with E-state index in [1.165, 1.54) is 0 Å². The summed E-state index contributed by atoms with van der Waals surface area (Å²) in [6, 6.07) is 4.68. The Labute approximate surface area is 119 Å². The largest absolute Gasteiger partial charge is 0.391 e. The van der Waals surface area contributed by atoms with Crippen molar-refractivity contribution in [1.29, 1.82) is 0 Å². The highest BCUT2D eigenvalue weighted by Crippen LogP contribution is 2.25. The van der Waals surface area contributed by atoms with Crippen LogP contribution in [0.2, 0.25) is 10.0 Å². The number of benzene rings is 1. The molecule has 0 fully saturated rings. The third-order valence-electron chi connectivity index (χ3n) is 2.40. The zero-order valence-electron chi connectivity index (χ0n) is 9.86. The van der Waals surface area contributed by atoms with Gasteiger partial charge in [-0.2, -0.15) is 0 Å². The fourth-order valence-electron chi connectivity index (χ4n) is 1.62. The lowest BCUT2D eigenvalue weighted by Crippen LogP contribution is -2.27. The van der Waals surface area contributed by atoms with Gasteiger partial charge in [0, 0.05) is 10.0 Å². The van der Waals surface area contributed by atoms with Crippen molar-refractivity contribution in [3.63, 3.8) is 0 Å². The van der Waals surface area contributed by atoms with Crippen LogP contribution in [0.3, 0.4) is 0 Å². The lowest BCUT2D eigenvalue weighted by atomic mass is 9.95. The molecule has 1 aromatic carbocycles. The minimum absolute atomic E-state index is 0. The average Bonchev–Trinajstić information content (AvgIpc) is 2.13. The molecule has 5 heteroatoms. The standard InChI is InChI=1S/C12H17Cl2NO.ClH/c1-7(2)3-11(16)12(15)8-4-9(13)6-10(14)5-8;/h4-7,11-12,16H,3,15H2,1-2H3;1H/t11-,12+;/m1./s1. The molecule has 1 rings (SSSR count). The molecule has 0 aliphatic carbocycles. The fourth-order valence-corrected chi connectivity index (χ4v) is 2.16. The molecule has 0 saturated carbocycles. The number of nitrogens with two attached hydrogens (primary N) is 1. The Bertz CT molecular complexity index is 337. The second-order valence-corrected chi connectivity index (χ2v) is 5.30. The highest BCUT2D eigenvalue weighted by atomic mass is 35.5. The molecule has 3 N–H and O–H groups in total. The van der Waals surface area contributed by atoms with Crippen LogP contribution >= 0.6 is 35.6 Å². The van der Waals surface area contributed by atoms with Crippen LogP contribution in [-0.4, -0.2) is 11.2 Å². The minimum atomic E-state index is -0.575. The van der Waals surface area contributed by atoms with Gasteiger partial charge in [0.15, 0.2) is 0 Å². The zero-order valence-corrected chi connectivity index (χ0v) is 12.2. The van der Waals surface area contributed by atoms with Crippen molar-refractivity contribution in [2.45, 2.75) is 32.4 Å². The first-order chi connectivity index (χ1) is 7.40. The van der Waals surface area contributed by atoms with E-state index >= 15 is 0 Å². The Balaban J connectivity index is 0.00000256. The summed E-state index contributed by atoms with van der Waals surface area (Å²) in [6.07, 6.45) is 0.0835. The van der Waals surface area contributed by atoms with Gasteiger partial charge in [-0.15, -0.1) is 12.4 Å². The summed E-state index contributed by atoms with van der Waals surface area (Å²) < 4.78 is 0. The maximum Gasteiger partial charge on any atom is 0.0735 e. The van der Waals surface area contributed by atoms with Crippen molar-refractivity contribution in [1.82, 2.24) is 0 Å². The number of hydrogen-bond acceptors (Lipinski definition) is 2. The van der Waals surface area contributed by atoms with Crippen molar-refractivity contribution in [3.05, 3.63) is 33.8 Å². The molecule has 0 aromatic heterocycles. The van der Waals surface area contributed by atoms with Gasteiger partial charge in [-0.05, 0) is 36.1 Å². The molecule has 0 spiro atoms. The van der Waals surface area contributed by atoms with Crippen LogP contribution < -0.4 is 5.73 Å². The van der Waals surface area contributed by atoms with E-state index in [1.807, 2.05) is 13.8 Å². The van der Waals surface area contributed by atoms with Gasteiger partial charge < -0.3 is 10.8 Å². The third kappa shape index (κ3) is 5.45. The Kier molecular flexibility index (Phi) is 7.45. The molecule has 0 bridgehead atoms. The van der Waals surface area contributed by atoms with Crippen LogP contribution in [-0.2, 0) is 0 Å².